The number of rotatable bonds is 8. The molecule has 138 valence electrons. The minimum atomic E-state index is -0.241. The molecule has 0 radical (unpaired) electrons. The molecular formula is C21H27N3O2. The number of anilines is 1. The summed E-state index contributed by atoms with van der Waals surface area (Å²) >= 11 is 0. The summed E-state index contributed by atoms with van der Waals surface area (Å²) in [5.74, 6) is -0.454. The second kappa shape index (κ2) is 9.61. The summed E-state index contributed by atoms with van der Waals surface area (Å²) in [6.07, 6.45) is 1.08. The molecule has 0 aliphatic rings. The van der Waals surface area contributed by atoms with E-state index in [2.05, 4.69) is 22.9 Å². The maximum Gasteiger partial charge on any atom is 0.251 e. The highest BCUT2D eigenvalue weighted by Crippen LogP contribution is 2.10. The van der Waals surface area contributed by atoms with Crippen molar-refractivity contribution < 1.29 is 9.59 Å². The van der Waals surface area contributed by atoms with Gasteiger partial charge in [-0.2, -0.15) is 0 Å². The maximum absolute atomic E-state index is 12.1. The van der Waals surface area contributed by atoms with Gasteiger partial charge in [-0.05, 0) is 61.2 Å². The third-order valence-electron chi connectivity index (χ3n) is 4.20. The Hall–Kier alpha value is -2.82. The molecule has 5 nitrogen and oxygen atoms in total. The summed E-state index contributed by atoms with van der Waals surface area (Å²) in [5, 5.41) is 8.78. The summed E-state index contributed by atoms with van der Waals surface area (Å²) in [5.41, 5.74) is 4.84. The number of hydrogen-bond acceptors (Lipinski definition) is 3. The van der Waals surface area contributed by atoms with Crippen molar-refractivity contribution in [2.75, 3.05) is 18.4 Å². The van der Waals surface area contributed by atoms with Crippen molar-refractivity contribution >= 4 is 17.5 Å². The first-order valence-corrected chi connectivity index (χ1v) is 8.94. The normalized spacial score (nSPS) is 10.3. The van der Waals surface area contributed by atoms with Gasteiger partial charge >= 0.3 is 0 Å². The summed E-state index contributed by atoms with van der Waals surface area (Å²) in [7, 11) is 0. The molecular weight excluding hydrogens is 326 g/mol. The Bertz CT molecular complexity index is 754. The van der Waals surface area contributed by atoms with Gasteiger partial charge in [0, 0.05) is 24.3 Å². The van der Waals surface area contributed by atoms with Crippen molar-refractivity contribution in [1.29, 1.82) is 0 Å². The minimum Gasteiger partial charge on any atom is -0.385 e. The fourth-order valence-corrected chi connectivity index (χ4v) is 2.42. The largest absolute Gasteiger partial charge is 0.385 e. The molecule has 0 bridgehead atoms. The van der Waals surface area contributed by atoms with E-state index >= 15 is 0 Å². The summed E-state index contributed by atoms with van der Waals surface area (Å²) in [6, 6.07) is 13.5. The maximum atomic E-state index is 12.1. The third kappa shape index (κ3) is 5.92. The number of carbonyl (C=O) groups is 2. The van der Waals surface area contributed by atoms with E-state index in [-0.39, 0.29) is 18.4 Å². The molecule has 0 aromatic heterocycles. The van der Waals surface area contributed by atoms with E-state index in [1.807, 2.05) is 50.2 Å². The lowest BCUT2D eigenvalue weighted by molar-refractivity contribution is -0.120. The van der Waals surface area contributed by atoms with Crippen molar-refractivity contribution in [2.45, 2.75) is 33.7 Å². The molecule has 0 atom stereocenters. The van der Waals surface area contributed by atoms with Gasteiger partial charge in [-0.25, -0.2) is 0 Å². The van der Waals surface area contributed by atoms with Gasteiger partial charge in [0.2, 0.25) is 5.91 Å². The van der Waals surface area contributed by atoms with E-state index in [0.29, 0.717) is 12.1 Å². The third-order valence-corrected chi connectivity index (χ3v) is 4.20. The van der Waals surface area contributed by atoms with Crippen molar-refractivity contribution in [3.63, 3.8) is 0 Å². The molecule has 0 saturated heterocycles. The standard InChI is InChI=1S/C21H27N3O2/c1-4-11-22-19-9-6-17(7-10-19)13-23-20(25)14-24-21(26)18-8-5-15(2)16(3)12-18/h5-10,12,22H,4,11,13-14H2,1-3H3,(H,23,25)(H,24,26). The monoisotopic (exact) mass is 353 g/mol. The molecule has 0 aliphatic carbocycles. The molecule has 0 spiro atoms. The van der Waals surface area contributed by atoms with Crippen molar-refractivity contribution in [1.82, 2.24) is 10.6 Å². The average Bonchev–Trinajstić information content (AvgIpc) is 2.65. The van der Waals surface area contributed by atoms with Gasteiger partial charge in [0.15, 0.2) is 0 Å². The van der Waals surface area contributed by atoms with Crippen LogP contribution in [-0.4, -0.2) is 24.9 Å². The Morgan fingerprint density at radius 1 is 0.923 bits per heavy atom. The van der Waals surface area contributed by atoms with Crippen molar-refractivity contribution in [3.05, 3.63) is 64.7 Å². The SMILES string of the molecule is CCCNc1ccc(CNC(=O)CNC(=O)c2ccc(C)c(C)c2)cc1. The van der Waals surface area contributed by atoms with Gasteiger partial charge in [0.05, 0.1) is 6.54 Å². The molecule has 0 unspecified atom stereocenters. The Morgan fingerprint density at radius 2 is 1.65 bits per heavy atom. The van der Waals surface area contributed by atoms with Crippen LogP contribution in [0, 0.1) is 13.8 Å². The molecule has 0 heterocycles. The Labute approximate surface area is 155 Å². The molecule has 2 rings (SSSR count). The van der Waals surface area contributed by atoms with Crippen LogP contribution in [0.3, 0.4) is 0 Å². The minimum absolute atomic E-state index is 0.0398. The first-order chi connectivity index (χ1) is 12.5. The topological polar surface area (TPSA) is 70.2 Å². The van der Waals surface area contributed by atoms with Crippen LogP contribution >= 0.6 is 0 Å². The van der Waals surface area contributed by atoms with Crippen LogP contribution in [-0.2, 0) is 11.3 Å². The van der Waals surface area contributed by atoms with E-state index in [1.165, 1.54) is 0 Å². The number of hydrogen-bond donors (Lipinski definition) is 3. The molecule has 2 aromatic carbocycles. The van der Waals surface area contributed by atoms with Crippen LogP contribution in [0.5, 0.6) is 0 Å². The Balaban J connectivity index is 1.76. The van der Waals surface area contributed by atoms with Gasteiger partial charge in [-0.15, -0.1) is 0 Å². The molecule has 0 fully saturated rings. The predicted octanol–water partition coefficient (Wildman–Crippen LogP) is 3.17. The van der Waals surface area contributed by atoms with E-state index in [0.717, 1.165) is 35.3 Å². The fraction of sp³-hybridized carbons (Fsp3) is 0.333. The van der Waals surface area contributed by atoms with Crippen molar-refractivity contribution in [2.24, 2.45) is 0 Å². The summed E-state index contributed by atoms with van der Waals surface area (Å²) < 4.78 is 0. The van der Waals surface area contributed by atoms with E-state index in [1.54, 1.807) is 6.07 Å². The number of carbonyl (C=O) groups excluding carboxylic acids is 2. The second-order valence-electron chi connectivity index (χ2n) is 6.38. The Morgan fingerprint density at radius 3 is 2.31 bits per heavy atom. The predicted molar refractivity (Wildman–Crippen MR) is 105 cm³/mol. The molecule has 2 aromatic rings. The molecule has 0 saturated carbocycles. The molecule has 0 aliphatic heterocycles. The van der Waals surface area contributed by atoms with Gasteiger partial charge in [-0.1, -0.05) is 25.1 Å². The number of aryl methyl sites for hydroxylation is 2. The lowest BCUT2D eigenvalue weighted by Gasteiger charge is -2.09. The quantitative estimate of drug-likeness (QED) is 0.683. The van der Waals surface area contributed by atoms with Crippen LogP contribution in [0.2, 0.25) is 0 Å². The van der Waals surface area contributed by atoms with E-state index in [4.69, 9.17) is 0 Å². The highest BCUT2D eigenvalue weighted by atomic mass is 16.2. The van der Waals surface area contributed by atoms with Crippen molar-refractivity contribution in [3.8, 4) is 0 Å². The highest BCUT2D eigenvalue weighted by molar-refractivity contribution is 5.96. The van der Waals surface area contributed by atoms with Crippen LogP contribution in [0.15, 0.2) is 42.5 Å². The van der Waals surface area contributed by atoms with E-state index < -0.39 is 0 Å². The van der Waals surface area contributed by atoms with Gasteiger partial charge in [-0.3, -0.25) is 9.59 Å². The van der Waals surface area contributed by atoms with Crippen LogP contribution in [0.1, 0.15) is 40.4 Å². The second-order valence-corrected chi connectivity index (χ2v) is 6.38. The van der Waals surface area contributed by atoms with Gasteiger partial charge in [0.25, 0.3) is 5.91 Å². The first-order valence-electron chi connectivity index (χ1n) is 8.94. The smallest absolute Gasteiger partial charge is 0.251 e. The zero-order valence-corrected chi connectivity index (χ0v) is 15.7. The number of nitrogens with one attached hydrogen (secondary N) is 3. The summed E-state index contributed by atoms with van der Waals surface area (Å²) in [6.45, 7) is 7.42. The van der Waals surface area contributed by atoms with Crippen LogP contribution < -0.4 is 16.0 Å². The lowest BCUT2D eigenvalue weighted by atomic mass is 10.1. The Kier molecular flexibility index (Phi) is 7.21. The zero-order chi connectivity index (χ0) is 18.9. The average molecular weight is 353 g/mol. The van der Waals surface area contributed by atoms with Gasteiger partial charge in [0.1, 0.15) is 0 Å². The molecule has 3 N–H and O–H groups in total. The molecule has 26 heavy (non-hydrogen) atoms. The van der Waals surface area contributed by atoms with Crippen LogP contribution in [0.4, 0.5) is 5.69 Å². The van der Waals surface area contributed by atoms with E-state index in [9.17, 15) is 9.59 Å². The fourth-order valence-electron chi connectivity index (χ4n) is 2.42. The molecule has 5 heteroatoms. The number of amides is 2. The van der Waals surface area contributed by atoms with Crippen LogP contribution in [0.25, 0.3) is 0 Å². The summed E-state index contributed by atoms with van der Waals surface area (Å²) in [4.78, 5) is 24.1. The van der Waals surface area contributed by atoms with Gasteiger partial charge < -0.3 is 16.0 Å². The first kappa shape index (κ1) is 19.5. The lowest BCUT2D eigenvalue weighted by Crippen LogP contribution is -2.36. The molecule has 2 amide bonds. The highest BCUT2D eigenvalue weighted by Gasteiger charge is 2.09. The number of benzene rings is 2. The zero-order valence-electron chi connectivity index (χ0n) is 15.7.